The minimum Gasteiger partial charge on any atom is -0.445 e. The molecule has 1 heterocycles. The van der Waals surface area contributed by atoms with Crippen molar-refractivity contribution in [3.05, 3.63) is 23.2 Å². The van der Waals surface area contributed by atoms with Gasteiger partial charge in [-0.1, -0.05) is 26.5 Å². The number of likely N-dealkylation sites (N-methyl/N-ethyl adjacent to an activating group) is 1. The molecule has 10 heteroatoms. The molecule has 190 valence electrons. The lowest BCUT2D eigenvalue weighted by Crippen LogP contribution is -2.57. The van der Waals surface area contributed by atoms with E-state index in [0.717, 1.165) is 23.5 Å². The molecule has 2 aliphatic carbocycles. The second kappa shape index (κ2) is 10.7. The monoisotopic (exact) mass is 494 g/mol. The Hall–Kier alpha value is -2.01. The number of carbonyl (C=O) groups is 2. The van der Waals surface area contributed by atoms with Gasteiger partial charge in [-0.05, 0) is 44.7 Å². The smallest absolute Gasteiger partial charge is 0.413 e. The third kappa shape index (κ3) is 5.30. The molecule has 0 aliphatic heterocycles. The average Bonchev–Trinajstić information content (AvgIpc) is 3.18. The highest BCUT2D eigenvalue weighted by molar-refractivity contribution is 7.15. The van der Waals surface area contributed by atoms with E-state index in [4.69, 9.17) is 9.72 Å². The van der Waals surface area contributed by atoms with Crippen molar-refractivity contribution in [1.29, 1.82) is 0 Å². The molecule has 1 fully saturated rings. The van der Waals surface area contributed by atoms with Crippen LogP contribution in [0, 0.1) is 16.7 Å². The number of aliphatic hydroxyl groups excluding tert-OH is 2. The number of amides is 2. The number of nitrogens with one attached hydrogen (secondary N) is 2. The summed E-state index contributed by atoms with van der Waals surface area (Å²) in [6.07, 6.45) is 2.43. The van der Waals surface area contributed by atoms with Crippen LogP contribution in [0.5, 0.6) is 0 Å². The Morgan fingerprint density at radius 3 is 2.76 bits per heavy atom. The molecule has 0 aromatic carbocycles. The standard InChI is InChI=1S/C24H38N4O5S/c1-6-11-33-22(32)27-21-26-20-15(12-19(31)25-9-10-28(4)5)23(2)8-7-18(30)24(3,14-29)17(23)13-16(20)34-21/h6,15,17-18,29-30H,1,7-14H2,2-5H3,(H,25,31)(H,26,27,32)/t15-,17+,18-,23+,24+/m1/s1. The molecule has 1 aromatic heterocycles. The number of rotatable bonds is 9. The molecule has 3 rings (SSSR count). The van der Waals surface area contributed by atoms with E-state index in [1.165, 1.54) is 17.4 Å². The van der Waals surface area contributed by atoms with Gasteiger partial charge in [0.15, 0.2) is 5.13 Å². The number of aliphatic hydroxyl groups is 2. The van der Waals surface area contributed by atoms with Crippen LogP contribution in [0.25, 0.3) is 0 Å². The van der Waals surface area contributed by atoms with Crippen molar-refractivity contribution < 1.29 is 24.5 Å². The van der Waals surface area contributed by atoms with Gasteiger partial charge in [-0.25, -0.2) is 9.78 Å². The van der Waals surface area contributed by atoms with Gasteiger partial charge in [0.1, 0.15) is 6.61 Å². The summed E-state index contributed by atoms with van der Waals surface area (Å²) in [6.45, 7) is 8.89. The molecule has 0 radical (unpaired) electrons. The molecular formula is C24H38N4O5S. The lowest BCUT2D eigenvalue weighted by atomic mass is 9.47. The van der Waals surface area contributed by atoms with Crippen LogP contribution >= 0.6 is 11.3 Å². The molecule has 0 unspecified atom stereocenters. The number of nitrogens with zero attached hydrogens (tertiary/aromatic N) is 2. The van der Waals surface area contributed by atoms with Gasteiger partial charge in [0.05, 0.1) is 18.4 Å². The van der Waals surface area contributed by atoms with Gasteiger partial charge in [0.25, 0.3) is 0 Å². The van der Waals surface area contributed by atoms with E-state index in [9.17, 15) is 19.8 Å². The first-order chi connectivity index (χ1) is 16.0. The van der Waals surface area contributed by atoms with Crippen molar-refractivity contribution >= 4 is 28.5 Å². The highest BCUT2D eigenvalue weighted by Gasteiger charge is 2.59. The molecule has 5 atom stereocenters. The normalized spacial score (nSPS) is 30.3. The Morgan fingerprint density at radius 1 is 1.38 bits per heavy atom. The Balaban J connectivity index is 1.93. The molecule has 0 saturated heterocycles. The number of hydrogen-bond acceptors (Lipinski definition) is 8. The molecular weight excluding hydrogens is 456 g/mol. The van der Waals surface area contributed by atoms with E-state index < -0.39 is 17.6 Å². The maximum absolute atomic E-state index is 13.0. The topological polar surface area (TPSA) is 124 Å². The SMILES string of the molecule is C=CCOC(=O)Nc1nc2c(s1)C[C@@H]1[C@](C)(CO)[C@H](O)CC[C@@]1(C)[C@@H]2CC(=O)NCCN(C)C. The lowest BCUT2D eigenvalue weighted by molar-refractivity contribution is -0.144. The summed E-state index contributed by atoms with van der Waals surface area (Å²) in [5, 5.41) is 27.3. The van der Waals surface area contributed by atoms with E-state index in [-0.39, 0.29) is 42.8 Å². The molecule has 0 spiro atoms. The Bertz CT molecular complexity index is 906. The quantitative estimate of drug-likeness (QED) is 0.389. The minimum atomic E-state index is -0.690. The van der Waals surface area contributed by atoms with Gasteiger partial charge in [0.2, 0.25) is 5.91 Å². The summed E-state index contributed by atoms with van der Waals surface area (Å²) >= 11 is 1.37. The van der Waals surface area contributed by atoms with Crippen molar-refractivity contribution in [1.82, 2.24) is 15.2 Å². The zero-order chi connectivity index (χ0) is 25.1. The van der Waals surface area contributed by atoms with E-state index >= 15 is 0 Å². The van der Waals surface area contributed by atoms with Gasteiger partial charge in [-0.3, -0.25) is 10.1 Å². The fraction of sp³-hybridized carbons (Fsp3) is 0.708. The first kappa shape index (κ1) is 26.6. The summed E-state index contributed by atoms with van der Waals surface area (Å²) in [4.78, 5) is 32.8. The largest absolute Gasteiger partial charge is 0.445 e. The molecule has 2 aliphatic rings. The Labute approximate surface area is 205 Å². The fourth-order valence-electron chi connectivity index (χ4n) is 5.63. The molecule has 34 heavy (non-hydrogen) atoms. The minimum absolute atomic E-state index is 0.0400. The molecule has 2 amide bonds. The summed E-state index contributed by atoms with van der Waals surface area (Å²) < 4.78 is 5.03. The van der Waals surface area contributed by atoms with Gasteiger partial charge >= 0.3 is 6.09 Å². The number of ether oxygens (including phenoxy) is 1. The zero-order valence-electron chi connectivity index (χ0n) is 20.6. The van der Waals surface area contributed by atoms with Gasteiger partial charge in [-0.15, -0.1) is 11.3 Å². The highest BCUT2D eigenvalue weighted by Crippen LogP contribution is 2.62. The number of thiazole rings is 1. The van der Waals surface area contributed by atoms with Gasteiger partial charge in [-0.2, -0.15) is 0 Å². The van der Waals surface area contributed by atoms with Gasteiger partial charge < -0.3 is 25.2 Å². The zero-order valence-corrected chi connectivity index (χ0v) is 21.4. The first-order valence-corrected chi connectivity index (χ1v) is 12.6. The number of hydrogen-bond donors (Lipinski definition) is 4. The summed E-state index contributed by atoms with van der Waals surface area (Å²) in [5.41, 5.74) is -0.204. The van der Waals surface area contributed by atoms with Crippen molar-refractivity contribution in [2.75, 3.05) is 45.7 Å². The van der Waals surface area contributed by atoms with Crippen LogP contribution in [0.4, 0.5) is 9.93 Å². The van der Waals surface area contributed by atoms with Crippen molar-refractivity contribution in [3.8, 4) is 0 Å². The van der Waals surface area contributed by atoms with E-state index in [1.807, 2.05) is 25.9 Å². The maximum Gasteiger partial charge on any atom is 0.413 e. The second-order valence-corrected chi connectivity index (χ2v) is 11.3. The molecule has 4 N–H and O–H groups in total. The van der Waals surface area contributed by atoms with Gasteiger partial charge in [0, 0.05) is 35.7 Å². The van der Waals surface area contributed by atoms with Crippen LogP contribution in [0.3, 0.4) is 0 Å². The van der Waals surface area contributed by atoms with Crippen molar-refractivity contribution in [2.45, 2.75) is 51.6 Å². The number of fused-ring (bicyclic) bond motifs is 2. The third-order valence-corrected chi connectivity index (χ3v) is 8.71. The molecule has 0 bridgehead atoms. The van der Waals surface area contributed by atoms with Crippen LogP contribution in [-0.2, 0) is 16.0 Å². The van der Waals surface area contributed by atoms with E-state index in [2.05, 4.69) is 24.1 Å². The summed E-state index contributed by atoms with van der Waals surface area (Å²) in [5.74, 6) is -0.291. The van der Waals surface area contributed by atoms with E-state index in [0.29, 0.717) is 24.5 Å². The third-order valence-electron chi connectivity index (χ3n) is 7.71. The van der Waals surface area contributed by atoms with Crippen LogP contribution in [0.1, 0.15) is 49.6 Å². The highest BCUT2D eigenvalue weighted by atomic mass is 32.1. The Kier molecular flexibility index (Phi) is 8.38. The van der Waals surface area contributed by atoms with Crippen LogP contribution < -0.4 is 10.6 Å². The molecule has 9 nitrogen and oxygen atoms in total. The molecule has 1 saturated carbocycles. The summed E-state index contributed by atoms with van der Waals surface area (Å²) in [7, 11) is 3.91. The maximum atomic E-state index is 13.0. The second-order valence-electron chi connectivity index (χ2n) is 10.2. The van der Waals surface area contributed by atoms with Crippen molar-refractivity contribution in [2.24, 2.45) is 16.7 Å². The van der Waals surface area contributed by atoms with Crippen LogP contribution in [0.15, 0.2) is 12.7 Å². The average molecular weight is 495 g/mol. The first-order valence-electron chi connectivity index (χ1n) is 11.8. The Morgan fingerprint density at radius 2 is 2.12 bits per heavy atom. The number of carbonyl (C=O) groups excluding carboxylic acids is 2. The molecule has 1 aromatic rings. The van der Waals surface area contributed by atoms with E-state index in [1.54, 1.807) is 0 Å². The lowest BCUT2D eigenvalue weighted by Gasteiger charge is -2.58. The van der Waals surface area contributed by atoms with Crippen LogP contribution in [-0.4, -0.2) is 78.6 Å². The predicted molar refractivity (Wildman–Crippen MR) is 132 cm³/mol. The predicted octanol–water partition coefficient (Wildman–Crippen LogP) is 2.36. The number of anilines is 1. The number of aromatic nitrogens is 1. The summed E-state index contributed by atoms with van der Waals surface area (Å²) in [6, 6.07) is 0. The van der Waals surface area contributed by atoms with Crippen LogP contribution in [0.2, 0.25) is 0 Å². The fourth-order valence-corrected chi connectivity index (χ4v) is 6.69. The van der Waals surface area contributed by atoms with Crippen molar-refractivity contribution in [3.63, 3.8) is 0 Å².